The quantitative estimate of drug-likeness (QED) is 0.499. The first-order valence-corrected chi connectivity index (χ1v) is 5.22. The van der Waals surface area contributed by atoms with Crippen LogP contribution in [0.2, 0.25) is 0 Å². The van der Waals surface area contributed by atoms with Crippen LogP contribution in [-0.2, 0) is 9.53 Å². The summed E-state index contributed by atoms with van der Waals surface area (Å²) in [5.74, 6) is 0.188. The molecule has 0 N–H and O–H groups in total. The predicted molar refractivity (Wildman–Crippen MR) is 59.0 cm³/mol. The maximum atomic E-state index is 10.5. The van der Waals surface area contributed by atoms with Gasteiger partial charge in [-0.2, -0.15) is 5.26 Å². The van der Waals surface area contributed by atoms with Crippen molar-refractivity contribution >= 4 is 5.97 Å². The standard InChI is InChI=1S/C12H19NO2/c1-10(7-8-13)5-4-6-11(2)9-15-12(3)14/h6,10H,4-5,7,9H2,1-3H3. The van der Waals surface area contributed by atoms with Crippen molar-refractivity contribution in [2.24, 2.45) is 5.92 Å². The SMILES string of the molecule is CC(=O)OCC(C)=CCCC(C)CC#N. The Kier molecular flexibility index (Phi) is 7.35. The maximum absolute atomic E-state index is 10.5. The van der Waals surface area contributed by atoms with Crippen molar-refractivity contribution in [2.45, 2.75) is 40.0 Å². The fraction of sp³-hybridized carbons (Fsp3) is 0.667. The Morgan fingerprint density at radius 1 is 1.53 bits per heavy atom. The molecule has 0 aliphatic rings. The molecule has 0 aliphatic heterocycles. The van der Waals surface area contributed by atoms with Gasteiger partial charge in [-0.3, -0.25) is 4.79 Å². The van der Waals surface area contributed by atoms with Crippen LogP contribution in [0.3, 0.4) is 0 Å². The van der Waals surface area contributed by atoms with E-state index in [-0.39, 0.29) is 5.97 Å². The van der Waals surface area contributed by atoms with Crippen molar-refractivity contribution in [3.8, 4) is 6.07 Å². The Morgan fingerprint density at radius 2 is 2.20 bits per heavy atom. The monoisotopic (exact) mass is 209 g/mol. The summed E-state index contributed by atoms with van der Waals surface area (Å²) >= 11 is 0. The number of nitriles is 1. The number of hydrogen-bond acceptors (Lipinski definition) is 3. The molecular formula is C12H19NO2. The van der Waals surface area contributed by atoms with E-state index < -0.39 is 0 Å². The van der Waals surface area contributed by atoms with Gasteiger partial charge in [0.25, 0.3) is 0 Å². The first kappa shape index (κ1) is 13.7. The zero-order valence-electron chi connectivity index (χ0n) is 9.75. The predicted octanol–water partition coefficient (Wildman–Crippen LogP) is 2.83. The van der Waals surface area contributed by atoms with Crippen molar-refractivity contribution in [2.75, 3.05) is 6.61 Å². The topological polar surface area (TPSA) is 50.1 Å². The molecule has 0 aliphatic carbocycles. The number of rotatable bonds is 6. The average Bonchev–Trinajstić information content (AvgIpc) is 2.15. The summed E-state index contributed by atoms with van der Waals surface area (Å²) < 4.78 is 4.85. The van der Waals surface area contributed by atoms with Gasteiger partial charge in [-0.05, 0) is 31.3 Å². The molecule has 0 saturated carbocycles. The van der Waals surface area contributed by atoms with E-state index >= 15 is 0 Å². The third-order valence-corrected chi connectivity index (χ3v) is 2.10. The third kappa shape index (κ3) is 9.01. The average molecular weight is 209 g/mol. The van der Waals surface area contributed by atoms with Crippen LogP contribution < -0.4 is 0 Å². The summed E-state index contributed by atoms with van der Waals surface area (Å²) in [6.45, 7) is 5.79. The largest absolute Gasteiger partial charge is 0.461 e. The van der Waals surface area contributed by atoms with E-state index in [1.54, 1.807) is 0 Å². The highest BCUT2D eigenvalue weighted by Gasteiger charge is 1.99. The summed E-state index contributed by atoms with van der Waals surface area (Å²) in [5, 5.41) is 8.47. The molecule has 1 unspecified atom stereocenters. The number of carbonyl (C=O) groups excluding carboxylic acids is 1. The van der Waals surface area contributed by atoms with Crippen LogP contribution in [0.1, 0.15) is 40.0 Å². The number of allylic oxidation sites excluding steroid dienone is 1. The van der Waals surface area contributed by atoms with Gasteiger partial charge in [-0.15, -0.1) is 0 Å². The maximum Gasteiger partial charge on any atom is 0.302 e. The van der Waals surface area contributed by atoms with Crippen LogP contribution in [0.25, 0.3) is 0 Å². The molecule has 0 aromatic carbocycles. The van der Waals surface area contributed by atoms with Crippen molar-refractivity contribution in [1.29, 1.82) is 5.26 Å². The Bertz CT molecular complexity index is 263. The minimum atomic E-state index is -0.249. The van der Waals surface area contributed by atoms with E-state index in [0.29, 0.717) is 18.9 Å². The lowest BCUT2D eigenvalue weighted by Crippen LogP contribution is -2.01. The van der Waals surface area contributed by atoms with Gasteiger partial charge < -0.3 is 4.74 Å². The molecule has 3 heteroatoms. The van der Waals surface area contributed by atoms with Crippen LogP contribution in [0.4, 0.5) is 0 Å². The highest BCUT2D eigenvalue weighted by Crippen LogP contribution is 2.10. The van der Waals surface area contributed by atoms with E-state index in [9.17, 15) is 4.79 Å². The number of nitrogens with zero attached hydrogens (tertiary/aromatic N) is 1. The molecule has 0 aromatic rings. The van der Waals surface area contributed by atoms with Crippen LogP contribution in [0, 0.1) is 17.2 Å². The van der Waals surface area contributed by atoms with Gasteiger partial charge in [-0.25, -0.2) is 0 Å². The third-order valence-electron chi connectivity index (χ3n) is 2.10. The smallest absolute Gasteiger partial charge is 0.302 e. The Labute approximate surface area is 91.7 Å². The molecule has 84 valence electrons. The summed E-state index contributed by atoms with van der Waals surface area (Å²) in [5.41, 5.74) is 1.06. The van der Waals surface area contributed by atoms with Gasteiger partial charge in [0.2, 0.25) is 0 Å². The molecule has 0 rings (SSSR count). The fourth-order valence-electron chi connectivity index (χ4n) is 1.15. The Hall–Kier alpha value is -1.30. The fourth-order valence-corrected chi connectivity index (χ4v) is 1.15. The van der Waals surface area contributed by atoms with E-state index in [4.69, 9.17) is 10.00 Å². The molecular weight excluding hydrogens is 190 g/mol. The second-order valence-electron chi connectivity index (χ2n) is 3.88. The summed E-state index contributed by atoms with van der Waals surface area (Å²) in [7, 11) is 0. The summed E-state index contributed by atoms with van der Waals surface area (Å²) in [6.07, 6.45) is 4.62. The lowest BCUT2D eigenvalue weighted by molar-refractivity contribution is -0.139. The highest BCUT2D eigenvalue weighted by atomic mass is 16.5. The first-order valence-electron chi connectivity index (χ1n) is 5.22. The second-order valence-corrected chi connectivity index (χ2v) is 3.88. The second kappa shape index (κ2) is 8.05. The Morgan fingerprint density at radius 3 is 2.73 bits per heavy atom. The van der Waals surface area contributed by atoms with Crippen molar-refractivity contribution < 1.29 is 9.53 Å². The van der Waals surface area contributed by atoms with E-state index in [0.717, 1.165) is 18.4 Å². The molecule has 0 aromatic heterocycles. The molecule has 1 atom stereocenters. The van der Waals surface area contributed by atoms with Gasteiger partial charge in [0.1, 0.15) is 6.61 Å². The zero-order valence-corrected chi connectivity index (χ0v) is 9.75. The van der Waals surface area contributed by atoms with Crippen molar-refractivity contribution in [3.05, 3.63) is 11.6 Å². The van der Waals surface area contributed by atoms with Gasteiger partial charge >= 0.3 is 5.97 Å². The minimum absolute atomic E-state index is 0.249. The van der Waals surface area contributed by atoms with E-state index in [2.05, 4.69) is 19.1 Å². The summed E-state index contributed by atoms with van der Waals surface area (Å²) in [6, 6.07) is 2.16. The Balaban J connectivity index is 3.67. The van der Waals surface area contributed by atoms with Gasteiger partial charge in [0.05, 0.1) is 6.07 Å². The number of carbonyl (C=O) groups is 1. The lowest BCUT2D eigenvalue weighted by Gasteiger charge is -2.05. The molecule has 0 amide bonds. The first-order chi connectivity index (χ1) is 7.06. The number of esters is 1. The van der Waals surface area contributed by atoms with Crippen LogP contribution in [-0.4, -0.2) is 12.6 Å². The molecule has 0 saturated heterocycles. The molecule has 0 fully saturated rings. The normalized spacial score (nSPS) is 13.1. The van der Waals surface area contributed by atoms with Gasteiger partial charge in [0, 0.05) is 13.3 Å². The van der Waals surface area contributed by atoms with E-state index in [1.165, 1.54) is 6.92 Å². The summed E-state index contributed by atoms with van der Waals surface area (Å²) in [4.78, 5) is 10.5. The van der Waals surface area contributed by atoms with Crippen molar-refractivity contribution in [3.63, 3.8) is 0 Å². The zero-order chi connectivity index (χ0) is 11.7. The lowest BCUT2D eigenvalue weighted by atomic mass is 10.0. The van der Waals surface area contributed by atoms with Crippen molar-refractivity contribution in [1.82, 2.24) is 0 Å². The number of ether oxygens (including phenoxy) is 1. The van der Waals surface area contributed by atoms with E-state index in [1.807, 2.05) is 6.92 Å². The molecule has 15 heavy (non-hydrogen) atoms. The van der Waals surface area contributed by atoms with Gasteiger partial charge in [-0.1, -0.05) is 13.0 Å². The van der Waals surface area contributed by atoms with Crippen LogP contribution in [0.5, 0.6) is 0 Å². The highest BCUT2D eigenvalue weighted by molar-refractivity contribution is 5.66. The molecule has 0 heterocycles. The number of hydrogen-bond donors (Lipinski definition) is 0. The van der Waals surface area contributed by atoms with Crippen LogP contribution in [0.15, 0.2) is 11.6 Å². The minimum Gasteiger partial charge on any atom is -0.461 e. The van der Waals surface area contributed by atoms with Gasteiger partial charge in [0.15, 0.2) is 0 Å². The molecule has 0 bridgehead atoms. The molecule has 0 radical (unpaired) electrons. The van der Waals surface area contributed by atoms with Crippen LogP contribution >= 0.6 is 0 Å². The molecule has 3 nitrogen and oxygen atoms in total. The molecule has 0 spiro atoms.